The van der Waals surface area contributed by atoms with Gasteiger partial charge in [-0.25, -0.2) is 8.42 Å². The number of nitro groups is 1. The van der Waals surface area contributed by atoms with Crippen LogP contribution in [0.1, 0.15) is 26.2 Å². The molecule has 0 aromatic carbocycles. The van der Waals surface area contributed by atoms with Gasteiger partial charge in [-0.15, -0.1) is 0 Å². The van der Waals surface area contributed by atoms with Gasteiger partial charge in [0.15, 0.2) is 9.84 Å². The smallest absolute Gasteiger partial charge is 0.285 e. The number of carbonyl (C=O) groups excluding carboxylic acids is 1. The maximum atomic E-state index is 12.7. The van der Waals surface area contributed by atoms with Crippen LogP contribution in [0.2, 0.25) is 0 Å². The van der Waals surface area contributed by atoms with Crippen LogP contribution in [-0.2, 0) is 21.2 Å². The Kier molecular flexibility index (Phi) is 5.93. The van der Waals surface area contributed by atoms with E-state index in [1.807, 2.05) is 6.92 Å². The molecule has 2 rings (SSSR count). The molecule has 0 bridgehead atoms. The molecule has 1 saturated heterocycles. The van der Waals surface area contributed by atoms with Crippen LogP contribution in [-0.4, -0.2) is 52.8 Å². The third kappa shape index (κ3) is 4.88. The van der Waals surface area contributed by atoms with E-state index in [0.29, 0.717) is 19.4 Å². The van der Waals surface area contributed by atoms with E-state index in [-0.39, 0.29) is 23.7 Å². The van der Waals surface area contributed by atoms with Crippen molar-refractivity contribution >= 4 is 21.4 Å². The number of hydrogen-bond acceptors (Lipinski definition) is 6. The van der Waals surface area contributed by atoms with E-state index in [0.717, 1.165) is 29.3 Å². The normalized spacial score (nSPS) is 18.8. The number of unbranched alkanes of at least 4 members (excludes halogenated alkanes) is 1. The third-order valence-corrected chi connectivity index (χ3v) is 5.96. The van der Waals surface area contributed by atoms with Gasteiger partial charge >= 0.3 is 0 Å². The van der Waals surface area contributed by atoms with Crippen molar-refractivity contribution in [1.82, 2.24) is 9.47 Å². The Balaban J connectivity index is 2.21. The second-order valence-electron chi connectivity index (χ2n) is 6.11. The Morgan fingerprint density at radius 1 is 1.44 bits per heavy atom. The Morgan fingerprint density at radius 3 is 2.72 bits per heavy atom. The van der Waals surface area contributed by atoms with Crippen molar-refractivity contribution in [3.63, 3.8) is 0 Å². The van der Waals surface area contributed by atoms with Crippen molar-refractivity contribution in [2.24, 2.45) is 0 Å². The van der Waals surface area contributed by atoms with Crippen molar-refractivity contribution < 1.29 is 18.1 Å². The first-order valence-electron chi connectivity index (χ1n) is 8.08. The highest BCUT2D eigenvalue weighted by molar-refractivity contribution is 7.91. The molecule has 0 radical (unpaired) electrons. The summed E-state index contributed by atoms with van der Waals surface area (Å²) in [4.78, 5) is 36.2. The Bertz CT molecular complexity index is 817. The van der Waals surface area contributed by atoms with Crippen molar-refractivity contribution in [2.45, 2.75) is 38.8 Å². The van der Waals surface area contributed by atoms with Crippen LogP contribution < -0.4 is 5.56 Å². The highest BCUT2D eigenvalue weighted by atomic mass is 32.2. The molecule has 0 N–H and O–H groups in total. The molecule has 9 nitrogen and oxygen atoms in total. The topological polar surface area (TPSA) is 120 Å². The van der Waals surface area contributed by atoms with Gasteiger partial charge in [0, 0.05) is 24.7 Å². The number of amides is 1. The van der Waals surface area contributed by atoms with Gasteiger partial charge in [0.25, 0.3) is 11.2 Å². The minimum absolute atomic E-state index is 0.0460. The first-order valence-corrected chi connectivity index (χ1v) is 9.90. The molecule has 0 spiro atoms. The summed E-state index contributed by atoms with van der Waals surface area (Å²) < 4.78 is 24.4. The van der Waals surface area contributed by atoms with Crippen LogP contribution in [0.4, 0.5) is 5.69 Å². The molecule has 1 aromatic rings. The molecule has 0 saturated carbocycles. The Morgan fingerprint density at radius 2 is 2.16 bits per heavy atom. The fraction of sp³-hybridized carbons (Fsp3) is 0.600. The Labute approximate surface area is 145 Å². The van der Waals surface area contributed by atoms with Gasteiger partial charge in [-0.3, -0.25) is 24.3 Å². The summed E-state index contributed by atoms with van der Waals surface area (Å²) in [6, 6.07) is 1.72. The molecule has 1 aliphatic heterocycles. The summed E-state index contributed by atoms with van der Waals surface area (Å²) in [5.74, 6) is -0.436. The SMILES string of the molecule is CCCCN(C(=O)Cn1cc([N+](=O)[O-])ccc1=O)[C@@H]1CCS(=O)(=O)C1. The molecule has 1 aromatic heterocycles. The second kappa shape index (κ2) is 7.77. The van der Waals surface area contributed by atoms with Crippen molar-refractivity contribution in [2.75, 3.05) is 18.1 Å². The predicted molar refractivity (Wildman–Crippen MR) is 91.0 cm³/mol. The van der Waals surface area contributed by atoms with Crippen molar-refractivity contribution in [3.8, 4) is 0 Å². The zero-order valence-corrected chi connectivity index (χ0v) is 14.8. The summed E-state index contributed by atoms with van der Waals surface area (Å²) in [6.07, 6.45) is 2.96. The maximum absolute atomic E-state index is 12.7. The highest BCUT2D eigenvalue weighted by Crippen LogP contribution is 2.19. The number of hydrogen-bond donors (Lipinski definition) is 0. The molecule has 1 atom stereocenters. The van der Waals surface area contributed by atoms with Gasteiger partial charge in [-0.05, 0) is 12.8 Å². The number of pyridine rings is 1. The average molecular weight is 371 g/mol. The van der Waals surface area contributed by atoms with E-state index in [1.54, 1.807) is 0 Å². The maximum Gasteiger partial charge on any atom is 0.285 e. The summed E-state index contributed by atoms with van der Waals surface area (Å²) >= 11 is 0. The zero-order chi connectivity index (χ0) is 18.6. The first-order chi connectivity index (χ1) is 11.7. The molecule has 138 valence electrons. The number of aromatic nitrogens is 1. The van der Waals surface area contributed by atoms with Gasteiger partial charge in [-0.2, -0.15) is 0 Å². The van der Waals surface area contributed by atoms with Crippen molar-refractivity contribution in [1.29, 1.82) is 0 Å². The van der Waals surface area contributed by atoms with Crippen LogP contribution in [0.5, 0.6) is 0 Å². The number of nitrogens with zero attached hydrogens (tertiary/aromatic N) is 3. The molecule has 1 fully saturated rings. The van der Waals surface area contributed by atoms with E-state index >= 15 is 0 Å². The fourth-order valence-electron chi connectivity index (χ4n) is 2.85. The van der Waals surface area contributed by atoms with Gasteiger partial charge in [0.1, 0.15) is 6.54 Å². The lowest BCUT2D eigenvalue weighted by Crippen LogP contribution is -2.44. The Hall–Kier alpha value is -2.23. The average Bonchev–Trinajstić information content (AvgIpc) is 2.89. The van der Waals surface area contributed by atoms with Crippen LogP contribution in [0.3, 0.4) is 0 Å². The first kappa shape index (κ1) is 19.1. The van der Waals surface area contributed by atoms with Crippen LogP contribution >= 0.6 is 0 Å². The van der Waals surface area contributed by atoms with Crippen LogP contribution in [0.15, 0.2) is 23.1 Å². The lowest BCUT2D eigenvalue weighted by molar-refractivity contribution is -0.385. The van der Waals surface area contributed by atoms with Gasteiger partial charge in [0.2, 0.25) is 5.91 Å². The zero-order valence-electron chi connectivity index (χ0n) is 14.0. The van der Waals surface area contributed by atoms with Gasteiger partial charge < -0.3 is 4.90 Å². The quantitative estimate of drug-likeness (QED) is 0.510. The van der Waals surface area contributed by atoms with E-state index in [9.17, 15) is 28.1 Å². The molecule has 0 unspecified atom stereocenters. The van der Waals surface area contributed by atoms with E-state index in [2.05, 4.69) is 0 Å². The molecule has 1 amide bonds. The summed E-state index contributed by atoms with van der Waals surface area (Å²) in [5.41, 5.74) is -0.801. The van der Waals surface area contributed by atoms with E-state index in [1.165, 1.54) is 4.90 Å². The van der Waals surface area contributed by atoms with E-state index in [4.69, 9.17) is 0 Å². The van der Waals surface area contributed by atoms with E-state index < -0.39 is 32.3 Å². The summed E-state index contributed by atoms with van der Waals surface area (Å²) in [7, 11) is -3.15. The monoisotopic (exact) mass is 371 g/mol. The minimum atomic E-state index is -3.15. The highest BCUT2D eigenvalue weighted by Gasteiger charge is 2.34. The molecular weight excluding hydrogens is 350 g/mol. The summed E-state index contributed by atoms with van der Waals surface area (Å²) in [6.45, 7) is 2.01. The molecule has 1 aliphatic rings. The largest absolute Gasteiger partial charge is 0.337 e. The number of rotatable bonds is 7. The second-order valence-corrected chi connectivity index (χ2v) is 8.34. The lowest BCUT2D eigenvalue weighted by atomic mass is 10.2. The van der Waals surface area contributed by atoms with Gasteiger partial charge in [0.05, 0.1) is 22.6 Å². The van der Waals surface area contributed by atoms with Gasteiger partial charge in [-0.1, -0.05) is 13.3 Å². The fourth-order valence-corrected chi connectivity index (χ4v) is 4.58. The van der Waals surface area contributed by atoms with Crippen LogP contribution in [0, 0.1) is 10.1 Å². The standard InChI is InChI=1S/C15H21N3O6S/c1-2-3-7-17(13-6-8-25(23,24)11-13)15(20)10-16-9-12(18(21)22)4-5-14(16)19/h4-5,9,13H,2-3,6-8,10-11H2,1H3/t13-/m1/s1. The molecule has 10 heteroatoms. The number of sulfone groups is 1. The predicted octanol–water partition coefficient (Wildman–Crippen LogP) is 0.572. The molecule has 0 aliphatic carbocycles. The molecule has 25 heavy (non-hydrogen) atoms. The third-order valence-electron chi connectivity index (χ3n) is 4.21. The number of carbonyl (C=O) groups is 1. The molecular formula is C15H21N3O6S. The summed E-state index contributed by atoms with van der Waals surface area (Å²) in [5, 5.41) is 10.8. The minimum Gasteiger partial charge on any atom is -0.337 e. The van der Waals surface area contributed by atoms with Crippen molar-refractivity contribution in [3.05, 3.63) is 38.8 Å². The molecule has 2 heterocycles. The lowest BCUT2D eigenvalue weighted by Gasteiger charge is -2.28. The van der Waals surface area contributed by atoms with Crippen LogP contribution in [0.25, 0.3) is 0 Å².